The average molecular weight is 212 g/mol. The standard InChI is InChI=1S/C10H20N4O/c1-3-4-6-14-9-12-10(13-14)8-11-5-7-15-2/h9,11H,3-8H2,1-2H3. The summed E-state index contributed by atoms with van der Waals surface area (Å²) in [4.78, 5) is 4.22. The average Bonchev–Trinajstić information content (AvgIpc) is 2.69. The van der Waals surface area contributed by atoms with E-state index in [-0.39, 0.29) is 0 Å². The lowest BCUT2D eigenvalue weighted by Gasteiger charge is -2.00. The summed E-state index contributed by atoms with van der Waals surface area (Å²) in [6.07, 6.45) is 4.13. The van der Waals surface area contributed by atoms with Gasteiger partial charge in [0.1, 0.15) is 6.33 Å². The van der Waals surface area contributed by atoms with Crippen molar-refractivity contribution in [3.63, 3.8) is 0 Å². The highest BCUT2D eigenvalue weighted by Crippen LogP contribution is 1.94. The third-order valence-electron chi connectivity index (χ3n) is 2.09. The molecule has 0 amide bonds. The van der Waals surface area contributed by atoms with E-state index in [9.17, 15) is 0 Å². The molecule has 1 aromatic rings. The van der Waals surface area contributed by atoms with Crippen LogP contribution in [0.15, 0.2) is 6.33 Å². The molecule has 5 heteroatoms. The number of aryl methyl sites for hydroxylation is 1. The fourth-order valence-corrected chi connectivity index (χ4v) is 1.22. The van der Waals surface area contributed by atoms with Crippen LogP contribution in [0.5, 0.6) is 0 Å². The Morgan fingerprint density at radius 1 is 1.53 bits per heavy atom. The van der Waals surface area contributed by atoms with Gasteiger partial charge in [-0.15, -0.1) is 0 Å². The number of aromatic nitrogens is 3. The summed E-state index contributed by atoms with van der Waals surface area (Å²) in [5, 5.41) is 7.56. The van der Waals surface area contributed by atoms with Crippen LogP contribution in [0.2, 0.25) is 0 Å². The molecule has 15 heavy (non-hydrogen) atoms. The third-order valence-corrected chi connectivity index (χ3v) is 2.09. The number of nitrogens with zero attached hydrogens (tertiary/aromatic N) is 3. The van der Waals surface area contributed by atoms with Crippen LogP contribution in [0, 0.1) is 0 Å². The molecular weight excluding hydrogens is 192 g/mol. The summed E-state index contributed by atoms with van der Waals surface area (Å²) in [7, 11) is 1.69. The lowest BCUT2D eigenvalue weighted by atomic mass is 10.3. The van der Waals surface area contributed by atoms with Crippen LogP contribution in [0.3, 0.4) is 0 Å². The number of nitrogens with one attached hydrogen (secondary N) is 1. The maximum atomic E-state index is 4.93. The quantitative estimate of drug-likeness (QED) is 0.648. The van der Waals surface area contributed by atoms with Crippen molar-refractivity contribution in [1.82, 2.24) is 20.1 Å². The highest BCUT2D eigenvalue weighted by molar-refractivity contribution is 4.80. The van der Waals surface area contributed by atoms with E-state index in [2.05, 4.69) is 22.3 Å². The van der Waals surface area contributed by atoms with E-state index in [1.165, 1.54) is 6.42 Å². The fourth-order valence-electron chi connectivity index (χ4n) is 1.22. The van der Waals surface area contributed by atoms with E-state index in [4.69, 9.17) is 4.74 Å². The summed E-state index contributed by atoms with van der Waals surface area (Å²) >= 11 is 0. The van der Waals surface area contributed by atoms with Gasteiger partial charge in [0.15, 0.2) is 5.82 Å². The van der Waals surface area contributed by atoms with Gasteiger partial charge in [-0.1, -0.05) is 13.3 Å². The van der Waals surface area contributed by atoms with Gasteiger partial charge < -0.3 is 10.1 Å². The second-order valence-electron chi connectivity index (χ2n) is 3.45. The SMILES string of the molecule is CCCCn1cnc(CNCCOC)n1. The Morgan fingerprint density at radius 3 is 3.13 bits per heavy atom. The van der Waals surface area contributed by atoms with Gasteiger partial charge in [-0.2, -0.15) is 5.10 Å². The lowest BCUT2D eigenvalue weighted by Crippen LogP contribution is -2.19. The Balaban J connectivity index is 2.20. The molecule has 5 nitrogen and oxygen atoms in total. The van der Waals surface area contributed by atoms with Crippen LogP contribution >= 0.6 is 0 Å². The minimum Gasteiger partial charge on any atom is -0.383 e. The predicted molar refractivity (Wildman–Crippen MR) is 58.5 cm³/mol. The molecule has 0 aliphatic rings. The van der Waals surface area contributed by atoms with Crippen molar-refractivity contribution in [2.24, 2.45) is 0 Å². The summed E-state index contributed by atoms with van der Waals surface area (Å²) in [5.74, 6) is 0.849. The van der Waals surface area contributed by atoms with Gasteiger partial charge in [0, 0.05) is 20.2 Å². The highest BCUT2D eigenvalue weighted by Gasteiger charge is 1.99. The molecule has 86 valence electrons. The van der Waals surface area contributed by atoms with Crippen molar-refractivity contribution in [3.8, 4) is 0 Å². The molecule has 0 bridgehead atoms. The molecule has 0 aliphatic carbocycles. The Kier molecular flexibility index (Phi) is 5.96. The minimum atomic E-state index is 0.711. The molecule has 0 saturated heterocycles. The topological polar surface area (TPSA) is 52.0 Å². The largest absolute Gasteiger partial charge is 0.383 e. The van der Waals surface area contributed by atoms with Crippen LogP contribution in [0.25, 0.3) is 0 Å². The van der Waals surface area contributed by atoms with Gasteiger partial charge in [0.05, 0.1) is 13.2 Å². The highest BCUT2D eigenvalue weighted by atomic mass is 16.5. The third kappa shape index (κ3) is 4.90. The zero-order valence-electron chi connectivity index (χ0n) is 9.57. The zero-order valence-corrected chi connectivity index (χ0v) is 9.57. The molecular formula is C10H20N4O. The van der Waals surface area contributed by atoms with Crippen molar-refractivity contribution in [2.45, 2.75) is 32.9 Å². The first kappa shape index (κ1) is 12.1. The monoisotopic (exact) mass is 212 g/mol. The van der Waals surface area contributed by atoms with Crippen LogP contribution in [-0.2, 0) is 17.8 Å². The van der Waals surface area contributed by atoms with Gasteiger partial charge in [0.2, 0.25) is 0 Å². The van der Waals surface area contributed by atoms with Crippen molar-refractivity contribution in [1.29, 1.82) is 0 Å². The van der Waals surface area contributed by atoms with Gasteiger partial charge >= 0.3 is 0 Å². The summed E-state index contributed by atoms with van der Waals surface area (Å²) in [5.41, 5.74) is 0. The van der Waals surface area contributed by atoms with E-state index in [0.717, 1.165) is 31.9 Å². The van der Waals surface area contributed by atoms with Gasteiger partial charge in [-0.3, -0.25) is 4.68 Å². The molecule has 0 fully saturated rings. The summed E-state index contributed by atoms with van der Waals surface area (Å²) < 4.78 is 6.83. The molecule has 0 aliphatic heterocycles. The van der Waals surface area contributed by atoms with Crippen LogP contribution < -0.4 is 5.32 Å². The van der Waals surface area contributed by atoms with E-state index in [1.807, 2.05) is 4.68 Å². The molecule has 0 unspecified atom stereocenters. The van der Waals surface area contributed by atoms with Crippen molar-refractivity contribution < 1.29 is 4.74 Å². The molecule has 0 saturated carbocycles. The normalized spacial score (nSPS) is 10.8. The molecule has 0 atom stereocenters. The Morgan fingerprint density at radius 2 is 2.40 bits per heavy atom. The fraction of sp³-hybridized carbons (Fsp3) is 0.800. The van der Waals surface area contributed by atoms with Gasteiger partial charge in [0.25, 0.3) is 0 Å². The number of ether oxygens (including phenoxy) is 1. The number of hydrogen-bond donors (Lipinski definition) is 1. The smallest absolute Gasteiger partial charge is 0.164 e. The molecule has 0 radical (unpaired) electrons. The van der Waals surface area contributed by atoms with Crippen molar-refractivity contribution in [2.75, 3.05) is 20.3 Å². The first-order chi connectivity index (χ1) is 7.36. The van der Waals surface area contributed by atoms with Crippen LogP contribution in [-0.4, -0.2) is 35.0 Å². The Bertz CT molecular complexity index is 262. The lowest BCUT2D eigenvalue weighted by molar-refractivity contribution is 0.199. The second kappa shape index (κ2) is 7.36. The first-order valence-corrected chi connectivity index (χ1v) is 5.44. The molecule has 1 rings (SSSR count). The maximum Gasteiger partial charge on any atom is 0.164 e. The van der Waals surface area contributed by atoms with Crippen molar-refractivity contribution >= 4 is 0 Å². The molecule has 1 heterocycles. The number of hydrogen-bond acceptors (Lipinski definition) is 4. The van der Waals surface area contributed by atoms with E-state index < -0.39 is 0 Å². The number of methoxy groups -OCH3 is 1. The Hall–Kier alpha value is -0.940. The second-order valence-corrected chi connectivity index (χ2v) is 3.45. The van der Waals surface area contributed by atoms with Crippen molar-refractivity contribution in [3.05, 3.63) is 12.2 Å². The number of rotatable bonds is 8. The molecule has 0 spiro atoms. The van der Waals surface area contributed by atoms with E-state index in [0.29, 0.717) is 6.54 Å². The first-order valence-electron chi connectivity index (χ1n) is 5.44. The van der Waals surface area contributed by atoms with Crippen LogP contribution in [0.1, 0.15) is 25.6 Å². The summed E-state index contributed by atoms with van der Waals surface area (Å²) in [6.45, 7) is 5.39. The zero-order chi connectivity index (χ0) is 10.9. The van der Waals surface area contributed by atoms with Crippen LogP contribution in [0.4, 0.5) is 0 Å². The molecule has 0 aromatic carbocycles. The Labute approximate surface area is 90.8 Å². The molecule has 1 aromatic heterocycles. The summed E-state index contributed by atoms with van der Waals surface area (Å²) in [6, 6.07) is 0. The maximum absolute atomic E-state index is 4.93. The van der Waals surface area contributed by atoms with Gasteiger partial charge in [-0.05, 0) is 6.42 Å². The van der Waals surface area contributed by atoms with Gasteiger partial charge in [-0.25, -0.2) is 4.98 Å². The van der Waals surface area contributed by atoms with E-state index >= 15 is 0 Å². The number of unbranched alkanes of at least 4 members (excludes halogenated alkanes) is 1. The minimum absolute atomic E-state index is 0.711. The predicted octanol–water partition coefficient (Wildman–Crippen LogP) is 0.814. The van der Waals surface area contributed by atoms with E-state index in [1.54, 1.807) is 13.4 Å². The molecule has 1 N–H and O–H groups in total.